The molecule has 1 unspecified atom stereocenters. The Morgan fingerprint density at radius 2 is 2.00 bits per heavy atom. The topological polar surface area (TPSA) is 61.6 Å². The highest BCUT2D eigenvalue weighted by atomic mass is 16.2. The fourth-order valence-corrected chi connectivity index (χ4v) is 1.87. The van der Waals surface area contributed by atoms with Crippen molar-refractivity contribution in [2.24, 2.45) is 5.84 Å². The summed E-state index contributed by atoms with van der Waals surface area (Å²) in [4.78, 5) is 15.7. The smallest absolute Gasteiger partial charge is 0.248 e. The highest BCUT2D eigenvalue weighted by Gasteiger charge is 2.20. The van der Waals surface area contributed by atoms with Gasteiger partial charge in [0, 0.05) is 32.2 Å². The fourth-order valence-electron chi connectivity index (χ4n) is 1.87. The molecule has 1 rings (SSSR count). The molecule has 0 aromatic rings. The summed E-state index contributed by atoms with van der Waals surface area (Å²) < 4.78 is 0. The van der Waals surface area contributed by atoms with Gasteiger partial charge in [-0.3, -0.25) is 20.0 Å². The monoisotopic (exact) mass is 214 g/mol. The summed E-state index contributed by atoms with van der Waals surface area (Å²) in [6, 6.07) is 0.649. The molecule has 1 fully saturated rings. The highest BCUT2D eigenvalue weighted by Crippen LogP contribution is 2.08. The predicted molar refractivity (Wildman–Crippen MR) is 60.1 cm³/mol. The number of piperazine rings is 1. The first-order valence-electron chi connectivity index (χ1n) is 5.63. The van der Waals surface area contributed by atoms with Crippen molar-refractivity contribution < 1.29 is 4.79 Å². The fraction of sp³-hybridized carbons (Fsp3) is 0.900. The lowest BCUT2D eigenvalue weighted by Gasteiger charge is -2.37. The first kappa shape index (κ1) is 12.4. The van der Waals surface area contributed by atoms with Crippen molar-refractivity contribution in [3.8, 4) is 0 Å². The van der Waals surface area contributed by atoms with E-state index in [-0.39, 0.29) is 5.91 Å². The summed E-state index contributed by atoms with van der Waals surface area (Å²) in [5.74, 6) is 4.95. The van der Waals surface area contributed by atoms with Gasteiger partial charge in [0.15, 0.2) is 0 Å². The van der Waals surface area contributed by atoms with E-state index in [2.05, 4.69) is 29.1 Å². The molecular weight excluding hydrogens is 192 g/mol. The van der Waals surface area contributed by atoms with Crippen LogP contribution in [0.3, 0.4) is 0 Å². The van der Waals surface area contributed by atoms with Crippen molar-refractivity contribution in [1.29, 1.82) is 0 Å². The molecular formula is C10H22N4O. The van der Waals surface area contributed by atoms with Crippen LogP contribution in [0.2, 0.25) is 0 Å². The maximum absolute atomic E-state index is 11.1. The first-order valence-corrected chi connectivity index (χ1v) is 5.63. The third kappa shape index (κ3) is 3.77. The Bertz CT molecular complexity index is 202. The molecule has 0 aliphatic carbocycles. The molecule has 0 bridgehead atoms. The van der Waals surface area contributed by atoms with Gasteiger partial charge < -0.3 is 0 Å². The number of rotatable bonds is 4. The van der Waals surface area contributed by atoms with Crippen LogP contribution in [0.15, 0.2) is 0 Å². The van der Waals surface area contributed by atoms with E-state index in [9.17, 15) is 4.79 Å². The lowest BCUT2D eigenvalue weighted by atomic mass is 10.2. The Balaban J connectivity index is 2.26. The zero-order chi connectivity index (χ0) is 11.3. The third-order valence-electron chi connectivity index (χ3n) is 3.15. The number of nitrogens with one attached hydrogen (secondary N) is 1. The maximum Gasteiger partial charge on any atom is 0.248 e. The molecule has 0 radical (unpaired) electrons. The van der Waals surface area contributed by atoms with Gasteiger partial charge in [0.1, 0.15) is 0 Å². The minimum atomic E-state index is -0.105. The van der Waals surface area contributed by atoms with E-state index in [0.29, 0.717) is 12.6 Å². The Morgan fingerprint density at radius 3 is 2.47 bits per heavy atom. The number of hydrogen-bond donors (Lipinski definition) is 2. The molecule has 0 spiro atoms. The second-order valence-electron chi connectivity index (χ2n) is 4.14. The van der Waals surface area contributed by atoms with Gasteiger partial charge in [0.2, 0.25) is 5.91 Å². The van der Waals surface area contributed by atoms with Gasteiger partial charge in [-0.1, -0.05) is 6.92 Å². The van der Waals surface area contributed by atoms with E-state index >= 15 is 0 Å². The number of amides is 1. The number of carbonyl (C=O) groups excluding carboxylic acids is 1. The minimum absolute atomic E-state index is 0.105. The van der Waals surface area contributed by atoms with Crippen LogP contribution in [0.4, 0.5) is 0 Å². The van der Waals surface area contributed by atoms with Gasteiger partial charge in [-0.05, 0) is 13.3 Å². The van der Waals surface area contributed by atoms with Crippen LogP contribution in [-0.2, 0) is 4.79 Å². The summed E-state index contributed by atoms with van der Waals surface area (Å²) in [6.45, 7) is 8.89. The SMILES string of the molecule is CCC(C)N1CCN(CC(=O)NN)CC1. The zero-order valence-electron chi connectivity index (χ0n) is 9.70. The Kier molecular flexibility index (Phi) is 5.01. The Labute approximate surface area is 91.6 Å². The van der Waals surface area contributed by atoms with Gasteiger partial charge in [0.25, 0.3) is 0 Å². The minimum Gasteiger partial charge on any atom is -0.298 e. The van der Waals surface area contributed by atoms with Crippen molar-refractivity contribution >= 4 is 5.91 Å². The average Bonchev–Trinajstić information content (AvgIpc) is 2.29. The summed E-state index contributed by atoms with van der Waals surface area (Å²) in [7, 11) is 0. The van der Waals surface area contributed by atoms with E-state index in [1.165, 1.54) is 6.42 Å². The number of hydrogen-bond acceptors (Lipinski definition) is 4. The molecule has 0 aromatic heterocycles. The van der Waals surface area contributed by atoms with Crippen LogP contribution >= 0.6 is 0 Å². The number of hydrazine groups is 1. The van der Waals surface area contributed by atoms with Gasteiger partial charge in [-0.15, -0.1) is 0 Å². The molecule has 1 amide bonds. The lowest BCUT2D eigenvalue weighted by Crippen LogP contribution is -2.52. The van der Waals surface area contributed by atoms with E-state index in [0.717, 1.165) is 26.2 Å². The lowest BCUT2D eigenvalue weighted by molar-refractivity contribution is -0.122. The molecule has 1 aliphatic rings. The molecule has 0 aromatic carbocycles. The third-order valence-corrected chi connectivity index (χ3v) is 3.15. The van der Waals surface area contributed by atoms with Crippen molar-refractivity contribution in [2.45, 2.75) is 26.3 Å². The molecule has 0 saturated carbocycles. The maximum atomic E-state index is 11.1. The molecule has 1 atom stereocenters. The largest absolute Gasteiger partial charge is 0.298 e. The molecule has 88 valence electrons. The molecule has 15 heavy (non-hydrogen) atoms. The van der Waals surface area contributed by atoms with Gasteiger partial charge in [-0.25, -0.2) is 5.84 Å². The first-order chi connectivity index (χ1) is 7.17. The van der Waals surface area contributed by atoms with Crippen LogP contribution in [0, 0.1) is 0 Å². The standard InChI is InChI=1S/C10H22N4O/c1-3-9(2)14-6-4-13(5-7-14)8-10(15)12-11/h9H,3-8,11H2,1-2H3,(H,12,15). The second kappa shape index (κ2) is 6.05. The van der Waals surface area contributed by atoms with E-state index < -0.39 is 0 Å². The normalized spacial score (nSPS) is 21.3. The van der Waals surface area contributed by atoms with Crippen molar-refractivity contribution in [3.63, 3.8) is 0 Å². The quantitative estimate of drug-likeness (QED) is 0.372. The summed E-state index contributed by atoms with van der Waals surface area (Å²) in [5.41, 5.74) is 2.16. The highest BCUT2D eigenvalue weighted by molar-refractivity contribution is 5.77. The van der Waals surface area contributed by atoms with Gasteiger partial charge >= 0.3 is 0 Å². The molecule has 3 N–H and O–H groups in total. The van der Waals surface area contributed by atoms with Gasteiger partial charge in [0.05, 0.1) is 6.54 Å². The number of nitrogens with zero attached hydrogens (tertiary/aromatic N) is 2. The summed E-state index contributed by atoms with van der Waals surface area (Å²) in [5, 5.41) is 0. The van der Waals surface area contributed by atoms with Crippen molar-refractivity contribution in [2.75, 3.05) is 32.7 Å². The van der Waals surface area contributed by atoms with E-state index in [1.54, 1.807) is 0 Å². The van der Waals surface area contributed by atoms with Crippen LogP contribution in [0.25, 0.3) is 0 Å². The molecule has 1 aliphatic heterocycles. The van der Waals surface area contributed by atoms with Crippen molar-refractivity contribution in [1.82, 2.24) is 15.2 Å². The second-order valence-corrected chi connectivity index (χ2v) is 4.14. The van der Waals surface area contributed by atoms with Gasteiger partial charge in [-0.2, -0.15) is 0 Å². The Morgan fingerprint density at radius 1 is 1.40 bits per heavy atom. The van der Waals surface area contributed by atoms with Crippen LogP contribution in [-0.4, -0.2) is 54.5 Å². The van der Waals surface area contributed by atoms with Crippen LogP contribution < -0.4 is 11.3 Å². The average molecular weight is 214 g/mol. The molecule has 5 nitrogen and oxygen atoms in total. The summed E-state index contributed by atoms with van der Waals surface area (Å²) in [6.07, 6.45) is 1.18. The van der Waals surface area contributed by atoms with Crippen LogP contribution in [0.1, 0.15) is 20.3 Å². The van der Waals surface area contributed by atoms with Crippen LogP contribution in [0.5, 0.6) is 0 Å². The molecule has 5 heteroatoms. The number of carbonyl (C=O) groups is 1. The predicted octanol–water partition coefficient (Wildman–Crippen LogP) is -0.608. The van der Waals surface area contributed by atoms with Crippen molar-refractivity contribution in [3.05, 3.63) is 0 Å². The Hall–Kier alpha value is -0.650. The molecule has 1 heterocycles. The summed E-state index contributed by atoms with van der Waals surface area (Å²) >= 11 is 0. The van der Waals surface area contributed by atoms with E-state index in [1.807, 2.05) is 0 Å². The zero-order valence-corrected chi connectivity index (χ0v) is 9.70. The number of nitrogens with two attached hydrogens (primary N) is 1. The van der Waals surface area contributed by atoms with E-state index in [4.69, 9.17) is 5.84 Å². The molecule has 1 saturated heterocycles.